The predicted molar refractivity (Wildman–Crippen MR) is 109 cm³/mol. The normalized spacial score (nSPS) is 16.8. The third-order valence-electron chi connectivity index (χ3n) is 5.05. The first kappa shape index (κ1) is 20.8. The van der Waals surface area contributed by atoms with Crippen LogP contribution in [0.4, 0.5) is 5.69 Å². The number of ether oxygens (including phenoxy) is 3. The molecule has 2 aliphatic rings. The lowest BCUT2D eigenvalue weighted by atomic mass is 9.97. The zero-order chi connectivity index (χ0) is 22.0. The Morgan fingerprint density at radius 1 is 1.23 bits per heavy atom. The average molecular weight is 425 g/mol. The number of esters is 2. The summed E-state index contributed by atoms with van der Waals surface area (Å²) < 4.78 is 16.6. The van der Waals surface area contributed by atoms with Gasteiger partial charge in [-0.3, -0.25) is 9.78 Å². The number of hydrogen-bond acceptors (Lipinski definition) is 8. The van der Waals surface area contributed by atoms with E-state index in [1.807, 2.05) is 26.0 Å². The van der Waals surface area contributed by atoms with Crippen molar-refractivity contribution in [3.05, 3.63) is 53.9 Å². The van der Waals surface area contributed by atoms with Crippen molar-refractivity contribution in [2.75, 3.05) is 18.1 Å². The van der Waals surface area contributed by atoms with Crippen LogP contribution in [0.15, 0.2) is 42.7 Å². The van der Waals surface area contributed by atoms with E-state index in [0.717, 1.165) is 5.56 Å². The number of fused-ring (bicyclic) bond motifs is 1. The summed E-state index contributed by atoms with van der Waals surface area (Å²) in [6, 6.07) is 8.95. The average Bonchev–Trinajstić information content (AvgIpc) is 3.04. The molecular formula is C22H23N3O6. The van der Waals surface area contributed by atoms with Crippen LogP contribution >= 0.6 is 0 Å². The molecule has 0 radical (unpaired) electrons. The molecule has 1 N–H and O–H groups in total. The summed E-state index contributed by atoms with van der Waals surface area (Å²) in [4.78, 5) is 42.6. The van der Waals surface area contributed by atoms with Crippen molar-refractivity contribution in [1.29, 1.82) is 0 Å². The van der Waals surface area contributed by atoms with Crippen LogP contribution < -0.4 is 15.0 Å². The van der Waals surface area contributed by atoms with Gasteiger partial charge in [-0.15, -0.1) is 0 Å². The number of nitrogens with one attached hydrogen (secondary N) is 1. The molecule has 1 aromatic carbocycles. The number of pyridine rings is 1. The number of nitrogens with zero attached hydrogens (tertiary/aromatic N) is 2. The second kappa shape index (κ2) is 8.35. The number of carbonyl (C=O) groups is 3. The molecule has 162 valence electrons. The zero-order valence-corrected chi connectivity index (χ0v) is 17.3. The molecule has 0 aliphatic carbocycles. The Morgan fingerprint density at radius 2 is 2.00 bits per heavy atom. The summed E-state index contributed by atoms with van der Waals surface area (Å²) in [7, 11) is 0. The van der Waals surface area contributed by atoms with Gasteiger partial charge >= 0.3 is 17.8 Å². The summed E-state index contributed by atoms with van der Waals surface area (Å²) >= 11 is 0. The molecule has 1 aromatic heterocycles. The number of anilines is 1. The van der Waals surface area contributed by atoms with E-state index in [1.165, 1.54) is 11.1 Å². The van der Waals surface area contributed by atoms with Gasteiger partial charge in [0.1, 0.15) is 12.4 Å². The first-order valence-corrected chi connectivity index (χ1v) is 10.1. The zero-order valence-electron chi connectivity index (χ0n) is 17.3. The number of carbonyl (C=O) groups excluding carboxylic acids is 3. The molecule has 0 atom stereocenters. The van der Waals surface area contributed by atoms with Gasteiger partial charge in [0.15, 0.2) is 0 Å². The highest BCUT2D eigenvalue weighted by molar-refractivity contribution is 6.31. The second-order valence-corrected chi connectivity index (χ2v) is 7.60. The van der Waals surface area contributed by atoms with E-state index >= 15 is 0 Å². The van der Waals surface area contributed by atoms with Crippen LogP contribution in [0.2, 0.25) is 0 Å². The molecule has 31 heavy (non-hydrogen) atoms. The predicted octanol–water partition coefficient (Wildman–Crippen LogP) is 1.81. The van der Waals surface area contributed by atoms with Gasteiger partial charge in [-0.1, -0.05) is 26.0 Å². The van der Waals surface area contributed by atoms with E-state index in [4.69, 9.17) is 14.2 Å². The summed E-state index contributed by atoms with van der Waals surface area (Å²) in [6.45, 7) is 5.03. The molecule has 9 nitrogen and oxygen atoms in total. The van der Waals surface area contributed by atoms with Gasteiger partial charge in [0, 0.05) is 25.0 Å². The maximum absolute atomic E-state index is 13.5. The number of aryl methyl sites for hydroxylation is 1. The highest BCUT2D eigenvalue weighted by atomic mass is 16.8. The van der Waals surface area contributed by atoms with Crippen LogP contribution in [-0.2, 0) is 25.5 Å². The first-order chi connectivity index (χ1) is 14.9. The Bertz CT molecular complexity index is 992. The van der Waals surface area contributed by atoms with Crippen molar-refractivity contribution < 1.29 is 28.6 Å². The number of hydrogen-bond donors (Lipinski definition) is 1. The third kappa shape index (κ3) is 3.96. The minimum absolute atomic E-state index is 0.113. The molecule has 1 amide bonds. The smallest absolute Gasteiger partial charge is 0.422 e. The standard InChI is InChI=1S/C22H23N3O6/c1-14(2)24-11-12-29-17-7-3-5-15-8-9-22(30-20(27)21(28)31-22)25(18(15)17)19(26)16-6-4-10-23-13-16/h3-7,10,13-14,24H,8-9,11-12H2,1-2H3. The topological polar surface area (TPSA) is 107 Å². The summed E-state index contributed by atoms with van der Waals surface area (Å²) in [5, 5.41) is 3.26. The van der Waals surface area contributed by atoms with E-state index in [-0.39, 0.29) is 12.0 Å². The molecule has 4 rings (SSSR count). The monoisotopic (exact) mass is 425 g/mol. The van der Waals surface area contributed by atoms with Crippen molar-refractivity contribution in [3.63, 3.8) is 0 Å². The minimum atomic E-state index is -1.86. The van der Waals surface area contributed by atoms with Crippen molar-refractivity contribution >= 4 is 23.5 Å². The fourth-order valence-electron chi connectivity index (χ4n) is 3.68. The SMILES string of the molecule is CC(C)NCCOc1cccc2c1N(C(=O)c1cccnc1)C1(CC2)OC(=O)C(=O)O1. The Balaban J connectivity index is 1.76. The van der Waals surface area contributed by atoms with Crippen LogP contribution in [0.1, 0.15) is 36.2 Å². The first-order valence-electron chi connectivity index (χ1n) is 10.1. The molecule has 0 unspecified atom stereocenters. The van der Waals surface area contributed by atoms with Crippen molar-refractivity contribution in [1.82, 2.24) is 10.3 Å². The summed E-state index contributed by atoms with van der Waals surface area (Å²) in [6.07, 6.45) is 3.48. The van der Waals surface area contributed by atoms with Gasteiger partial charge in [0.25, 0.3) is 5.91 Å². The Labute approximate surface area is 179 Å². The minimum Gasteiger partial charge on any atom is -0.490 e. The molecule has 2 aromatic rings. The van der Waals surface area contributed by atoms with E-state index in [2.05, 4.69) is 10.3 Å². The molecular weight excluding hydrogens is 402 g/mol. The van der Waals surface area contributed by atoms with Crippen LogP contribution in [0, 0.1) is 0 Å². The Kier molecular flexibility index (Phi) is 5.60. The van der Waals surface area contributed by atoms with Gasteiger partial charge in [0.2, 0.25) is 0 Å². The summed E-state index contributed by atoms with van der Waals surface area (Å²) in [5.74, 6) is -4.21. The van der Waals surface area contributed by atoms with Crippen molar-refractivity contribution in [2.45, 2.75) is 38.6 Å². The highest BCUT2D eigenvalue weighted by Crippen LogP contribution is 2.46. The number of amides is 1. The van der Waals surface area contributed by atoms with E-state index in [9.17, 15) is 14.4 Å². The fraction of sp³-hybridized carbons (Fsp3) is 0.364. The van der Waals surface area contributed by atoms with Crippen molar-refractivity contribution in [2.24, 2.45) is 0 Å². The van der Waals surface area contributed by atoms with Crippen LogP contribution in [0.25, 0.3) is 0 Å². The number of benzene rings is 1. The maximum atomic E-state index is 13.5. The lowest BCUT2D eigenvalue weighted by Crippen LogP contribution is -2.56. The fourth-order valence-corrected chi connectivity index (χ4v) is 3.68. The third-order valence-corrected chi connectivity index (χ3v) is 5.05. The molecule has 0 saturated carbocycles. The van der Waals surface area contributed by atoms with Gasteiger partial charge in [0.05, 0.1) is 17.7 Å². The van der Waals surface area contributed by atoms with Crippen molar-refractivity contribution in [3.8, 4) is 5.75 Å². The van der Waals surface area contributed by atoms with Gasteiger partial charge < -0.3 is 19.5 Å². The lowest BCUT2D eigenvalue weighted by Gasteiger charge is -2.41. The number of aromatic nitrogens is 1. The largest absolute Gasteiger partial charge is 0.490 e. The maximum Gasteiger partial charge on any atom is 0.422 e. The molecule has 3 heterocycles. The quantitative estimate of drug-likeness (QED) is 0.424. The van der Waals surface area contributed by atoms with E-state index < -0.39 is 23.8 Å². The molecule has 0 bridgehead atoms. The number of para-hydroxylation sites is 1. The highest BCUT2D eigenvalue weighted by Gasteiger charge is 2.58. The summed E-state index contributed by atoms with van der Waals surface area (Å²) in [5.41, 5.74) is 1.48. The lowest BCUT2D eigenvalue weighted by molar-refractivity contribution is -0.179. The van der Waals surface area contributed by atoms with E-state index in [1.54, 1.807) is 24.4 Å². The van der Waals surface area contributed by atoms with Gasteiger partial charge in [-0.05, 0) is 30.2 Å². The molecule has 9 heteroatoms. The van der Waals surface area contributed by atoms with Crippen LogP contribution in [0.3, 0.4) is 0 Å². The van der Waals surface area contributed by atoms with Crippen LogP contribution in [0.5, 0.6) is 5.75 Å². The Morgan fingerprint density at radius 3 is 2.68 bits per heavy atom. The number of rotatable bonds is 6. The van der Waals surface area contributed by atoms with Gasteiger partial charge in [-0.2, -0.15) is 0 Å². The molecule has 1 fully saturated rings. The second-order valence-electron chi connectivity index (χ2n) is 7.60. The molecule has 1 saturated heterocycles. The van der Waals surface area contributed by atoms with Crippen LogP contribution in [-0.4, -0.2) is 47.9 Å². The molecule has 2 aliphatic heterocycles. The van der Waals surface area contributed by atoms with Gasteiger partial charge in [-0.25, -0.2) is 14.5 Å². The Hall–Kier alpha value is -3.46. The molecule has 1 spiro atoms. The van der Waals surface area contributed by atoms with E-state index in [0.29, 0.717) is 37.1 Å².